The van der Waals surface area contributed by atoms with Crippen LogP contribution in [0.3, 0.4) is 0 Å². The summed E-state index contributed by atoms with van der Waals surface area (Å²) in [5.41, 5.74) is 0. The summed E-state index contributed by atoms with van der Waals surface area (Å²) >= 11 is 4.41. The molecule has 1 aliphatic rings. The Hall–Kier alpha value is -0.440. The molecule has 0 N–H and O–H groups in total. The van der Waals surface area contributed by atoms with Crippen LogP contribution in [-0.2, 0) is 0 Å². The minimum atomic E-state index is 0.352. The topological polar surface area (TPSA) is 17.8 Å². The molecular weight excluding hydrogens is 144 g/mol. The Balaban J connectivity index is 2.48. The first-order chi connectivity index (χ1) is 4.79. The molecule has 2 nitrogen and oxygen atoms in total. The van der Waals surface area contributed by atoms with Crippen molar-refractivity contribution in [2.24, 2.45) is 0 Å². The summed E-state index contributed by atoms with van der Waals surface area (Å²) in [4.78, 5) is 4.21. The van der Waals surface area contributed by atoms with Crippen LogP contribution in [0.2, 0.25) is 0 Å². The van der Waals surface area contributed by atoms with Gasteiger partial charge in [0.05, 0.1) is 5.25 Å². The molecule has 1 aromatic rings. The van der Waals surface area contributed by atoms with E-state index in [4.69, 9.17) is 0 Å². The number of hydrogen-bond acceptors (Lipinski definition) is 2. The molecule has 2 rings (SSSR count). The van der Waals surface area contributed by atoms with E-state index >= 15 is 0 Å². The Labute approximate surface area is 65.7 Å². The van der Waals surface area contributed by atoms with Crippen LogP contribution in [0.1, 0.15) is 30.5 Å². The van der Waals surface area contributed by atoms with Crippen LogP contribution in [0, 0.1) is 0 Å². The Morgan fingerprint density at radius 3 is 3.30 bits per heavy atom. The highest BCUT2D eigenvalue weighted by atomic mass is 32.1. The second kappa shape index (κ2) is 2.02. The molecule has 0 saturated heterocycles. The Kier molecular flexibility index (Phi) is 1.27. The van der Waals surface area contributed by atoms with E-state index in [-0.39, 0.29) is 0 Å². The van der Waals surface area contributed by atoms with Crippen molar-refractivity contribution in [3.05, 3.63) is 18.2 Å². The normalized spacial score (nSPS) is 30.6. The van der Waals surface area contributed by atoms with Gasteiger partial charge in [0, 0.05) is 18.4 Å². The van der Waals surface area contributed by atoms with E-state index in [1.807, 2.05) is 12.4 Å². The van der Waals surface area contributed by atoms with Crippen LogP contribution in [0.4, 0.5) is 0 Å². The van der Waals surface area contributed by atoms with Crippen LogP contribution >= 0.6 is 12.6 Å². The SMILES string of the molecule is CC1CC(S)c2nccn21. The van der Waals surface area contributed by atoms with Gasteiger partial charge < -0.3 is 4.57 Å². The van der Waals surface area contributed by atoms with Gasteiger partial charge >= 0.3 is 0 Å². The van der Waals surface area contributed by atoms with E-state index in [1.54, 1.807) is 0 Å². The summed E-state index contributed by atoms with van der Waals surface area (Å²) in [6, 6.07) is 0.583. The predicted octanol–water partition coefficient (Wildman–Crippen LogP) is 1.82. The highest BCUT2D eigenvalue weighted by molar-refractivity contribution is 7.80. The van der Waals surface area contributed by atoms with Gasteiger partial charge in [-0.2, -0.15) is 12.6 Å². The van der Waals surface area contributed by atoms with E-state index in [0.717, 1.165) is 12.2 Å². The summed E-state index contributed by atoms with van der Waals surface area (Å²) in [6.07, 6.45) is 4.98. The van der Waals surface area contributed by atoms with Crippen molar-refractivity contribution in [3.63, 3.8) is 0 Å². The fourth-order valence-corrected chi connectivity index (χ4v) is 2.00. The van der Waals surface area contributed by atoms with E-state index in [9.17, 15) is 0 Å². The monoisotopic (exact) mass is 154 g/mol. The lowest BCUT2D eigenvalue weighted by molar-refractivity contribution is 0.579. The molecule has 0 saturated carbocycles. The van der Waals surface area contributed by atoms with E-state index in [1.165, 1.54) is 0 Å². The molecule has 2 atom stereocenters. The molecule has 0 aromatic carbocycles. The molecule has 0 fully saturated rings. The maximum Gasteiger partial charge on any atom is 0.121 e. The van der Waals surface area contributed by atoms with Gasteiger partial charge in [0.2, 0.25) is 0 Å². The lowest BCUT2D eigenvalue weighted by atomic mass is 10.2. The molecule has 1 aliphatic heterocycles. The van der Waals surface area contributed by atoms with Gasteiger partial charge in [0.25, 0.3) is 0 Å². The van der Waals surface area contributed by atoms with Crippen molar-refractivity contribution in [1.29, 1.82) is 0 Å². The summed E-state index contributed by atoms with van der Waals surface area (Å²) < 4.78 is 2.19. The maximum absolute atomic E-state index is 4.41. The van der Waals surface area contributed by atoms with Crippen molar-refractivity contribution >= 4 is 12.6 Å². The fourth-order valence-electron chi connectivity index (χ4n) is 1.50. The number of rotatable bonds is 0. The first-order valence-corrected chi connectivity index (χ1v) is 4.01. The molecule has 0 amide bonds. The predicted molar refractivity (Wildman–Crippen MR) is 43.3 cm³/mol. The third-order valence-electron chi connectivity index (χ3n) is 2.04. The molecule has 0 aliphatic carbocycles. The van der Waals surface area contributed by atoms with Crippen LogP contribution in [0.5, 0.6) is 0 Å². The average molecular weight is 154 g/mol. The molecule has 0 spiro atoms. The number of hydrogen-bond donors (Lipinski definition) is 1. The third kappa shape index (κ3) is 0.700. The molecule has 2 unspecified atom stereocenters. The van der Waals surface area contributed by atoms with Crippen LogP contribution in [0.15, 0.2) is 12.4 Å². The second-order valence-electron chi connectivity index (χ2n) is 2.79. The Morgan fingerprint density at radius 1 is 1.80 bits per heavy atom. The van der Waals surface area contributed by atoms with Crippen LogP contribution in [-0.4, -0.2) is 9.55 Å². The van der Waals surface area contributed by atoms with Crippen molar-refractivity contribution < 1.29 is 0 Å². The van der Waals surface area contributed by atoms with Crippen molar-refractivity contribution in [3.8, 4) is 0 Å². The van der Waals surface area contributed by atoms with E-state index in [2.05, 4.69) is 29.1 Å². The number of imidazole rings is 1. The summed E-state index contributed by atoms with van der Waals surface area (Å²) in [6.45, 7) is 2.20. The molecule has 0 bridgehead atoms. The third-order valence-corrected chi connectivity index (χ3v) is 2.48. The van der Waals surface area contributed by atoms with Crippen LogP contribution in [0.25, 0.3) is 0 Å². The zero-order chi connectivity index (χ0) is 7.14. The van der Waals surface area contributed by atoms with Gasteiger partial charge in [-0.3, -0.25) is 0 Å². The van der Waals surface area contributed by atoms with Crippen molar-refractivity contribution in [2.75, 3.05) is 0 Å². The standard InChI is InChI=1S/C7H10N2S/c1-5-4-6(10)7-8-2-3-9(5)7/h2-3,5-6,10H,4H2,1H3. The van der Waals surface area contributed by atoms with Gasteiger partial charge in [-0.05, 0) is 13.3 Å². The number of fused-ring (bicyclic) bond motifs is 1. The van der Waals surface area contributed by atoms with Gasteiger partial charge in [0.15, 0.2) is 0 Å². The molecule has 2 heterocycles. The molecule has 10 heavy (non-hydrogen) atoms. The fraction of sp³-hybridized carbons (Fsp3) is 0.571. The average Bonchev–Trinajstić information content (AvgIpc) is 2.39. The molecule has 1 aromatic heterocycles. The summed E-state index contributed by atoms with van der Waals surface area (Å²) in [7, 11) is 0. The lowest BCUT2D eigenvalue weighted by Gasteiger charge is -2.02. The summed E-state index contributed by atoms with van der Waals surface area (Å²) in [5, 5.41) is 0.352. The zero-order valence-corrected chi connectivity index (χ0v) is 6.75. The smallest absolute Gasteiger partial charge is 0.121 e. The maximum atomic E-state index is 4.41. The second-order valence-corrected chi connectivity index (χ2v) is 3.42. The van der Waals surface area contributed by atoms with Gasteiger partial charge in [0.1, 0.15) is 5.82 Å². The summed E-state index contributed by atoms with van der Waals surface area (Å²) in [5.74, 6) is 1.12. The van der Waals surface area contributed by atoms with Crippen LogP contribution < -0.4 is 0 Å². The first-order valence-electron chi connectivity index (χ1n) is 3.50. The molecule has 3 heteroatoms. The van der Waals surface area contributed by atoms with Crippen molar-refractivity contribution in [2.45, 2.75) is 24.6 Å². The largest absolute Gasteiger partial charge is 0.331 e. The highest BCUT2D eigenvalue weighted by Gasteiger charge is 2.25. The van der Waals surface area contributed by atoms with E-state index in [0.29, 0.717) is 11.3 Å². The Bertz CT molecular complexity index is 221. The molecule has 54 valence electrons. The lowest BCUT2D eigenvalue weighted by Crippen LogP contribution is -1.95. The van der Waals surface area contributed by atoms with Crippen molar-refractivity contribution in [1.82, 2.24) is 9.55 Å². The zero-order valence-electron chi connectivity index (χ0n) is 5.86. The minimum Gasteiger partial charge on any atom is -0.331 e. The minimum absolute atomic E-state index is 0.352. The van der Waals surface area contributed by atoms with Gasteiger partial charge in [-0.25, -0.2) is 4.98 Å². The highest BCUT2D eigenvalue weighted by Crippen LogP contribution is 2.36. The number of aromatic nitrogens is 2. The number of nitrogens with zero attached hydrogens (tertiary/aromatic N) is 2. The van der Waals surface area contributed by atoms with Gasteiger partial charge in [-0.1, -0.05) is 0 Å². The Morgan fingerprint density at radius 2 is 2.60 bits per heavy atom. The molecule has 0 radical (unpaired) electrons. The van der Waals surface area contributed by atoms with E-state index < -0.39 is 0 Å². The number of thiol groups is 1. The first kappa shape index (κ1) is 6.28. The molecular formula is C7H10N2S. The quantitative estimate of drug-likeness (QED) is 0.564. The van der Waals surface area contributed by atoms with Gasteiger partial charge in [-0.15, -0.1) is 0 Å².